The monoisotopic (exact) mass is 289 g/mol. The molecule has 0 saturated carbocycles. The summed E-state index contributed by atoms with van der Waals surface area (Å²) in [5.41, 5.74) is 7.38. The predicted octanol–water partition coefficient (Wildman–Crippen LogP) is 3.42. The Balaban J connectivity index is 2.27. The SMILES string of the molecule is NC(=S)N(N=Cc1ccccc1)c1cccc(Cl)c1. The summed E-state index contributed by atoms with van der Waals surface area (Å²) in [4.78, 5) is 0. The highest BCUT2D eigenvalue weighted by molar-refractivity contribution is 7.80. The zero-order valence-electron chi connectivity index (χ0n) is 10.0. The molecule has 0 atom stereocenters. The van der Waals surface area contributed by atoms with Gasteiger partial charge < -0.3 is 5.73 Å². The Morgan fingerprint density at radius 1 is 1.16 bits per heavy atom. The number of halogens is 1. The van der Waals surface area contributed by atoms with Gasteiger partial charge in [0, 0.05) is 5.02 Å². The summed E-state index contributed by atoms with van der Waals surface area (Å²) in [6, 6.07) is 16.9. The molecule has 0 fully saturated rings. The van der Waals surface area contributed by atoms with E-state index >= 15 is 0 Å². The van der Waals surface area contributed by atoms with Gasteiger partial charge >= 0.3 is 0 Å². The molecule has 0 heterocycles. The number of thiocarbonyl (C=S) groups is 1. The quantitative estimate of drug-likeness (QED) is 0.535. The summed E-state index contributed by atoms with van der Waals surface area (Å²) >= 11 is 11.0. The number of anilines is 1. The molecule has 0 saturated heterocycles. The average Bonchev–Trinajstić information content (AvgIpc) is 2.40. The number of hydrogen-bond acceptors (Lipinski definition) is 2. The van der Waals surface area contributed by atoms with Crippen LogP contribution in [0, 0.1) is 0 Å². The maximum atomic E-state index is 5.95. The zero-order chi connectivity index (χ0) is 13.7. The molecule has 0 radical (unpaired) electrons. The molecule has 0 amide bonds. The third-order valence-electron chi connectivity index (χ3n) is 2.38. The van der Waals surface area contributed by atoms with Crippen molar-refractivity contribution in [3.63, 3.8) is 0 Å². The average molecular weight is 290 g/mol. The van der Waals surface area contributed by atoms with Gasteiger partial charge in [-0.1, -0.05) is 48.0 Å². The van der Waals surface area contributed by atoms with Gasteiger partial charge in [0.05, 0.1) is 11.9 Å². The summed E-state index contributed by atoms with van der Waals surface area (Å²) in [7, 11) is 0. The van der Waals surface area contributed by atoms with Crippen LogP contribution in [0.4, 0.5) is 5.69 Å². The molecule has 0 aliphatic carbocycles. The van der Waals surface area contributed by atoms with Crippen LogP contribution in [0.2, 0.25) is 5.02 Å². The number of rotatable bonds is 3. The minimum absolute atomic E-state index is 0.162. The Labute approximate surface area is 122 Å². The largest absolute Gasteiger partial charge is 0.374 e. The molecular weight excluding hydrogens is 278 g/mol. The molecule has 3 nitrogen and oxygen atoms in total. The first-order valence-corrected chi connectivity index (χ1v) is 6.39. The lowest BCUT2D eigenvalue weighted by Gasteiger charge is -2.16. The van der Waals surface area contributed by atoms with Crippen LogP contribution in [-0.4, -0.2) is 11.3 Å². The molecule has 0 bridgehead atoms. The number of nitrogens with two attached hydrogens (primary N) is 1. The maximum Gasteiger partial charge on any atom is 0.191 e. The number of hydrazone groups is 1. The smallest absolute Gasteiger partial charge is 0.191 e. The van der Waals surface area contributed by atoms with Gasteiger partial charge in [0.1, 0.15) is 0 Å². The van der Waals surface area contributed by atoms with E-state index in [1.807, 2.05) is 42.5 Å². The fraction of sp³-hybridized carbons (Fsp3) is 0. The van der Waals surface area contributed by atoms with Crippen LogP contribution in [0.1, 0.15) is 5.56 Å². The third kappa shape index (κ3) is 3.77. The highest BCUT2D eigenvalue weighted by atomic mass is 35.5. The molecule has 5 heteroatoms. The molecule has 96 valence electrons. The molecule has 2 rings (SSSR count). The Kier molecular flexibility index (Phi) is 4.49. The number of nitrogens with zero attached hydrogens (tertiary/aromatic N) is 2. The van der Waals surface area contributed by atoms with Crippen molar-refractivity contribution in [3.8, 4) is 0 Å². The van der Waals surface area contributed by atoms with Crippen LogP contribution >= 0.6 is 23.8 Å². The van der Waals surface area contributed by atoms with Crippen molar-refractivity contribution < 1.29 is 0 Å². The van der Waals surface area contributed by atoms with Crippen molar-refractivity contribution in [1.29, 1.82) is 0 Å². The van der Waals surface area contributed by atoms with Gasteiger partial charge in [-0.3, -0.25) is 0 Å². The van der Waals surface area contributed by atoms with Gasteiger partial charge in [0.2, 0.25) is 0 Å². The minimum Gasteiger partial charge on any atom is -0.374 e. The second-order valence-corrected chi connectivity index (χ2v) is 4.64. The summed E-state index contributed by atoms with van der Waals surface area (Å²) in [6.07, 6.45) is 1.69. The van der Waals surface area contributed by atoms with Gasteiger partial charge in [0.15, 0.2) is 5.11 Å². The highest BCUT2D eigenvalue weighted by Gasteiger charge is 2.07. The Morgan fingerprint density at radius 2 is 1.89 bits per heavy atom. The van der Waals surface area contributed by atoms with Crippen LogP contribution in [-0.2, 0) is 0 Å². The second-order valence-electron chi connectivity index (χ2n) is 3.79. The van der Waals surface area contributed by atoms with E-state index in [-0.39, 0.29) is 5.11 Å². The van der Waals surface area contributed by atoms with Crippen molar-refractivity contribution in [3.05, 3.63) is 65.2 Å². The molecule has 2 N–H and O–H groups in total. The number of benzene rings is 2. The van der Waals surface area contributed by atoms with Crippen molar-refractivity contribution in [2.75, 3.05) is 5.01 Å². The molecule has 0 unspecified atom stereocenters. The third-order valence-corrected chi connectivity index (χ3v) is 2.79. The Bertz CT molecular complexity index is 599. The Morgan fingerprint density at radius 3 is 2.53 bits per heavy atom. The minimum atomic E-state index is 0.162. The molecule has 0 spiro atoms. The fourth-order valence-electron chi connectivity index (χ4n) is 1.52. The van der Waals surface area contributed by atoms with Crippen LogP contribution in [0.15, 0.2) is 59.7 Å². The van der Waals surface area contributed by atoms with E-state index in [9.17, 15) is 0 Å². The van der Waals surface area contributed by atoms with E-state index in [1.54, 1.807) is 18.3 Å². The summed E-state index contributed by atoms with van der Waals surface area (Å²) in [5, 5.41) is 6.52. The van der Waals surface area contributed by atoms with Gasteiger partial charge in [-0.2, -0.15) is 5.10 Å². The van der Waals surface area contributed by atoms with E-state index in [0.29, 0.717) is 5.02 Å². The molecule has 0 aliphatic heterocycles. The van der Waals surface area contributed by atoms with Gasteiger partial charge in [0.25, 0.3) is 0 Å². The first-order valence-electron chi connectivity index (χ1n) is 5.61. The molecule has 0 aliphatic rings. The lowest BCUT2D eigenvalue weighted by molar-refractivity contribution is 1.14. The summed E-state index contributed by atoms with van der Waals surface area (Å²) in [5.74, 6) is 0. The van der Waals surface area contributed by atoms with Crippen molar-refractivity contribution >= 4 is 40.8 Å². The van der Waals surface area contributed by atoms with E-state index in [2.05, 4.69) is 5.10 Å². The normalized spacial score (nSPS) is 10.6. The van der Waals surface area contributed by atoms with Crippen LogP contribution in [0.25, 0.3) is 0 Å². The van der Waals surface area contributed by atoms with E-state index < -0.39 is 0 Å². The highest BCUT2D eigenvalue weighted by Crippen LogP contribution is 2.19. The lowest BCUT2D eigenvalue weighted by atomic mass is 10.2. The standard InChI is InChI=1S/C14H12ClN3S/c15-12-7-4-8-13(9-12)18(14(16)19)17-10-11-5-2-1-3-6-11/h1-10H,(H2,16,19). The lowest BCUT2D eigenvalue weighted by Crippen LogP contribution is -2.30. The van der Waals surface area contributed by atoms with Crippen LogP contribution < -0.4 is 10.7 Å². The predicted molar refractivity (Wildman–Crippen MR) is 84.8 cm³/mol. The molecular formula is C14H12ClN3S. The summed E-state index contributed by atoms with van der Waals surface area (Å²) < 4.78 is 0. The van der Waals surface area contributed by atoms with E-state index in [0.717, 1.165) is 11.3 Å². The maximum absolute atomic E-state index is 5.95. The van der Waals surface area contributed by atoms with Gasteiger partial charge in [-0.05, 0) is 36.0 Å². The van der Waals surface area contributed by atoms with Crippen molar-refractivity contribution in [2.45, 2.75) is 0 Å². The Hall–Kier alpha value is -1.91. The topological polar surface area (TPSA) is 41.6 Å². The first-order chi connectivity index (χ1) is 9.16. The van der Waals surface area contributed by atoms with Crippen LogP contribution in [0.5, 0.6) is 0 Å². The fourth-order valence-corrected chi connectivity index (χ4v) is 1.86. The van der Waals surface area contributed by atoms with Crippen LogP contribution in [0.3, 0.4) is 0 Å². The second kappa shape index (κ2) is 6.31. The van der Waals surface area contributed by atoms with Gasteiger partial charge in [-0.15, -0.1) is 0 Å². The van der Waals surface area contributed by atoms with E-state index in [4.69, 9.17) is 29.6 Å². The molecule has 2 aromatic carbocycles. The molecule has 0 aromatic heterocycles. The van der Waals surface area contributed by atoms with Crippen molar-refractivity contribution in [2.24, 2.45) is 10.8 Å². The number of hydrogen-bond donors (Lipinski definition) is 1. The molecule has 2 aromatic rings. The summed E-state index contributed by atoms with van der Waals surface area (Å²) in [6.45, 7) is 0. The van der Waals surface area contributed by atoms with E-state index in [1.165, 1.54) is 5.01 Å². The molecule has 19 heavy (non-hydrogen) atoms. The van der Waals surface area contributed by atoms with Crippen molar-refractivity contribution in [1.82, 2.24) is 0 Å². The van der Waals surface area contributed by atoms with Gasteiger partial charge in [-0.25, -0.2) is 5.01 Å². The first kappa shape index (κ1) is 13.5. The zero-order valence-corrected chi connectivity index (χ0v) is 11.6.